The third-order valence-electron chi connectivity index (χ3n) is 6.28. The molecule has 0 aliphatic carbocycles. The van der Waals surface area contributed by atoms with Crippen LogP contribution >= 0.6 is 0 Å². The predicted molar refractivity (Wildman–Crippen MR) is 164 cm³/mol. The number of ketones is 2. The Bertz CT molecular complexity index is 822. The van der Waals surface area contributed by atoms with Gasteiger partial charge in [-0.2, -0.15) is 0 Å². The van der Waals surface area contributed by atoms with Crippen LogP contribution in [0.5, 0.6) is 0 Å². The minimum Gasteiger partial charge on any atom is -0.379 e. The molecule has 1 heterocycles. The lowest BCUT2D eigenvalue weighted by Gasteiger charge is -2.09. The van der Waals surface area contributed by atoms with Crippen molar-refractivity contribution in [2.75, 3.05) is 99.1 Å². The molecule has 1 rings (SSSR count). The first-order valence-corrected chi connectivity index (χ1v) is 16.0. The second kappa shape index (κ2) is 28.6. The fraction of sp³-hybridized carbons (Fsp3) is 0.871. The van der Waals surface area contributed by atoms with Crippen LogP contribution in [0.3, 0.4) is 0 Å². The van der Waals surface area contributed by atoms with Gasteiger partial charge in [0.25, 0.3) is 0 Å². The zero-order chi connectivity index (χ0) is 32.1. The zero-order valence-corrected chi connectivity index (χ0v) is 27.5. The Morgan fingerprint density at radius 2 is 0.955 bits per heavy atom. The zero-order valence-electron chi connectivity index (χ0n) is 27.5. The molecule has 13 heteroatoms. The lowest BCUT2D eigenvalue weighted by molar-refractivity contribution is -0.123. The summed E-state index contributed by atoms with van der Waals surface area (Å²) in [6, 6.07) is 0. The number of ether oxygens (including phenoxy) is 8. The van der Waals surface area contributed by atoms with Crippen LogP contribution in [0.25, 0.3) is 0 Å². The minimum absolute atomic E-state index is 0.0586. The van der Waals surface area contributed by atoms with Gasteiger partial charge in [-0.05, 0) is 12.8 Å². The molecule has 0 amide bonds. The molecule has 0 N–H and O–H groups in total. The Kier molecular flexibility index (Phi) is 26.1. The van der Waals surface area contributed by atoms with Crippen molar-refractivity contribution in [3.05, 3.63) is 11.9 Å². The van der Waals surface area contributed by atoms with Crippen molar-refractivity contribution < 1.29 is 47.5 Å². The molecule has 0 saturated heterocycles. The van der Waals surface area contributed by atoms with Gasteiger partial charge >= 0.3 is 0 Å². The summed E-state index contributed by atoms with van der Waals surface area (Å²) in [4.78, 5) is 23.1. The van der Waals surface area contributed by atoms with E-state index in [9.17, 15) is 9.59 Å². The SMILES string of the molecule is CC(C)C(=O)CCCCn1cc(COCCOCCOCCOCCOCCOCCOCCOCCC(=O)C(C)C)nn1. The molecule has 0 spiro atoms. The molecule has 0 aliphatic heterocycles. The van der Waals surface area contributed by atoms with Crippen LogP contribution in [0, 0.1) is 11.8 Å². The normalized spacial score (nSPS) is 11.7. The van der Waals surface area contributed by atoms with Crippen LogP contribution in [0.4, 0.5) is 0 Å². The summed E-state index contributed by atoms with van der Waals surface area (Å²) in [6.45, 7) is 16.1. The number of aromatic nitrogens is 3. The molecule has 0 saturated carbocycles. The highest BCUT2D eigenvalue weighted by molar-refractivity contribution is 5.80. The fourth-order valence-corrected chi connectivity index (χ4v) is 3.55. The number of unbranched alkanes of at least 4 members (excludes halogenated alkanes) is 1. The standard InChI is InChI=1S/C31H57N3O10/c1-27(2)30(35)7-5-6-9-34-25-29(32-33-34)26-44-24-23-43-22-21-42-20-19-41-18-17-40-16-15-39-14-13-38-12-11-37-10-8-31(36)28(3)4/h25,27-28H,5-24,26H2,1-4H3. The summed E-state index contributed by atoms with van der Waals surface area (Å²) in [5.41, 5.74) is 0.776. The molecular weight excluding hydrogens is 574 g/mol. The number of Topliss-reactive ketones (excluding diaryl/α,β-unsaturated/α-hetero) is 2. The Morgan fingerprint density at radius 1 is 0.568 bits per heavy atom. The Balaban J connectivity index is 1.74. The molecule has 1 aromatic rings. The average Bonchev–Trinajstić information content (AvgIpc) is 3.46. The molecule has 256 valence electrons. The molecule has 0 bridgehead atoms. The van der Waals surface area contributed by atoms with Gasteiger partial charge in [0.1, 0.15) is 17.3 Å². The quantitative estimate of drug-likeness (QED) is 0.105. The maximum absolute atomic E-state index is 11.7. The fourth-order valence-electron chi connectivity index (χ4n) is 3.55. The van der Waals surface area contributed by atoms with E-state index in [-0.39, 0.29) is 17.6 Å². The number of rotatable bonds is 33. The maximum Gasteiger partial charge on any atom is 0.137 e. The minimum atomic E-state index is 0.0586. The Hall–Kier alpha value is -1.84. The van der Waals surface area contributed by atoms with Gasteiger partial charge in [-0.1, -0.05) is 32.9 Å². The van der Waals surface area contributed by atoms with Crippen LogP contribution in [-0.2, 0) is 60.6 Å². The predicted octanol–water partition coefficient (Wildman–Crippen LogP) is 2.92. The van der Waals surface area contributed by atoms with Gasteiger partial charge in [0.15, 0.2) is 0 Å². The molecule has 0 aromatic carbocycles. The van der Waals surface area contributed by atoms with Crippen molar-refractivity contribution in [2.45, 2.75) is 66.5 Å². The largest absolute Gasteiger partial charge is 0.379 e. The number of hydrogen-bond acceptors (Lipinski definition) is 12. The topological polar surface area (TPSA) is 139 Å². The third-order valence-corrected chi connectivity index (χ3v) is 6.28. The first-order chi connectivity index (χ1) is 21.4. The summed E-state index contributed by atoms with van der Waals surface area (Å²) in [6.07, 6.45) is 4.72. The van der Waals surface area contributed by atoms with Gasteiger partial charge in [-0.25, -0.2) is 0 Å². The van der Waals surface area contributed by atoms with Gasteiger partial charge in [-0.15, -0.1) is 5.10 Å². The number of nitrogens with zero attached hydrogens (tertiary/aromatic N) is 3. The van der Waals surface area contributed by atoms with Crippen LogP contribution in [0.1, 0.15) is 59.1 Å². The van der Waals surface area contributed by atoms with E-state index in [2.05, 4.69) is 10.3 Å². The van der Waals surface area contributed by atoms with Gasteiger partial charge in [0.05, 0.1) is 112 Å². The van der Waals surface area contributed by atoms with Crippen molar-refractivity contribution >= 4 is 11.6 Å². The highest BCUT2D eigenvalue weighted by Gasteiger charge is 2.07. The van der Waals surface area contributed by atoms with Gasteiger partial charge in [-0.3, -0.25) is 14.3 Å². The number of aryl methyl sites for hydroxylation is 1. The maximum atomic E-state index is 11.7. The summed E-state index contributed by atoms with van der Waals surface area (Å²) < 4.78 is 45.6. The third kappa shape index (κ3) is 24.5. The summed E-state index contributed by atoms with van der Waals surface area (Å²) in [5, 5.41) is 8.22. The monoisotopic (exact) mass is 631 g/mol. The Labute approximate surface area is 263 Å². The van der Waals surface area contributed by atoms with E-state index in [0.29, 0.717) is 124 Å². The molecule has 0 radical (unpaired) electrons. The first-order valence-electron chi connectivity index (χ1n) is 16.0. The lowest BCUT2D eigenvalue weighted by Crippen LogP contribution is -2.15. The summed E-state index contributed by atoms with van der Waals surface area (Å²) in [7, 11) is 0. The molecule has 13 nitrogen and oxygen atoms in total. The summed E-state index contributed by atoms with van der Waals surface area (Å²) >= 11 is 0. The van der Waals surface area contributed by atoms with Crippen molar-refractivity contribution in [3.8, 4) is 0 Å². The van der Waals surface area contributed by atoms with E-state index in [1.807, 2.05) is 33.9 Å². The van der Waals surface area contributed by atoms with Crippen molar-refractivity contribution in [1.29, 1.82) is 0 Å². The van der Waals surface area contributed by atoms with Gasteiger partial charge < -0.3 is 37.9 Å². The molecule has 0 unspecified atom stereocenters. The van der Waals surface area contributed by atoms with E-state index >= 15 is 0 Å². The van der Waals surface area contributed by atoms with Crippen LogP contribution in [-0.4, -0.2) is 126 Å². The number of hydrogen-bond donors (Lipinski definition) is 0. The number of carbonyl (C=O) groups is 2. The highest BCUT2D eigenvalue weighted by atomic mass is 16.6. The molecule has 1 aromatic heterocycles. The lowest BCUT2D eigenvalue weighted by atomic mass is 10.0. The second-order valence-electron chi connectivity index (χ2n) is 10.8. The first kappa shape index (κ1) is 40.2. The van der Waals surface area contributed by atoms with Crippen molar-refractivity contribution in [1.82, 2.24) is 15.0 Å². The van der Waals surface area contributed by atoms with Crippen LogP contribution < -0.4 is 0 Å². The van der Waals surface area contributed by atoms with Crippen LogP contribution in [0.2, 0.25) is 0 Å². The second-order valence-corrected chi connectivity index (χ2v) is 10.8. The highest BCUT2D eigenvalue weighted by Crippen LogP contribution is 2.06. The van der Waals surface area contributed by atoms with Gasteiger partial charge in [0.2, 0.25) is 0 Å². The Morgan fingerprint density at radius 3 is 1.39 bits per heavy atom. The van der Waals surface area contributed by atoms with E-state index < -0.39 is 0 Å². The van der Waals surface area contributed by atoms with Crippen LogP contribution in [0.15, 0.2) is 6.20 Å². The molecule has 44 heavy (non-hydrogen) atoms. The molecule has 0 fully saturated rings. The molecular formula is C31H57N3O10. The smallest absolute Gasteiger partial charge is 0.137 e. The van der Waals surface area contributed by atoms with E-state index in [1.54, 1.807) is 4.68 Å². The average molecular weight is 632 g/mol. The van der Waals surface area contributed by atoms with E-state index in [1.165, 1.54) is 0 Å². The van der Waals surface area contributed by atoms with E-state index in [4.69, 9.17) is 37.9 Å². The molecule has 0 aliphatic rings. The van der Waals surface area contributed by atoms with E-state index in [0.717, 1.165) is 25.1 Å². The van der Waals surface area contributed by atoms with Crippen molar-refractivity contribution in [3.63, 3.8) is 0 Å². The number of carbonyl (C=O) groups excluding carboxylic acids is 2. The van der Waals surface area contributed by atoms with Gasteiger partial charge in [0, 0.05) is 31.2 Å². The van der Waals surface area contributed by atoms with Crippen molar-refractivity contribution in [2.24, 2.45) is 11.8 Å². The summed E-state index contributed by atoms with van der Waals surface area (Å²) in [5.74, 6) is 0.689. The molecule has 0 atom stereocenters.